The van der Waals surface area contributed by atoms with Crippen LogP contribution in [0.5, 0.6) is 17.2 Å². The summed E-state index contributed by atoms with van der Waals surface area (Å²) >= 11 is 0. The van der Waals surface area contributed by atoms with Crippen molar-refractivity contribution in [3.05, 3.63) is 65.0 Å². The maximum Gasteiger partial charge on any atom is 0.344 e. The highest BCUT2D eigenvalue weighted by Gasteiger charge is 2.19. The standard InChI is InChI=1S/C25H27F2N3O5/c1-5-16-9-21(32-4)24(27)19(23(16)26)13-34-18-11-28-25(29-12-18)30-17-8-7-15(3)20(10-17)35-14-22(31)33-6-2/h7-12H,5-6,13-14H2,1-4H3,(H,28,29,30). The molecule has 10 heteroatoms. The van der Waals surface area contributed by atoms with Gasteiger partial charge in [-0.05, 0) is 43.5 Å². The number of aryl methyl sites for hydroxylation is 2. The summed E-state index contributed by atoms with van der Waals surface area (Å²) in [6, 6.07) is 6.68. The zero-order valence-corrected chi connectivity index (χ0v) is 20.0. The summed E-state index contributed by atoms with van der Waals surface area (Å²) in [6.07, 6.45) is 3.16. The summed E-state index contributed by atoms with van der Waals surface area (Å²) in [7, 11) is 1.32. The molecule has 3 rings (SSSR count). The Morgan fingerprint density at radius 2 is 1.77 bits per heavy atom. The van der Waals surface area contributed by atoms with E-state index in [-0.39, 0.29) is 42.8 Å². The van der Waals surface area contributed by atoms with Gasteiger partial charge in [-0.3, -0.25) is 0 Å². The van der Waals surface area contributed by atoms with E-state index in [1.165, 1.54) is 25.6 Å². The molecule has 8 nitrogen and oxygen atoms in total. The molecule has 1 aromatic heterocycles. The highest BCUT2D eigenvalue weighted by atomic mass is 19.1. The summed E-state index contributed by atoms with van der Waals surface area (Å²) in [5.41, 5.74) is 1.59. The van der Waals surface area contributed by atoms with Gasteiger partial charge in [0.05, 0.1) is 31.7 Å². The lowest BCUT2D eigenvalue weighted by Crippen LogP contribution is -2.15. The van der Waals surface area contributed by atoms with E-state index in [1.807, 2.05) is 13.0 Å². The molecule has 186 valence electrons. The average molecular weight is 488 g/mol. The minimum absolute atomic E-state index is 0.0404. The summed E-state index contributed by atoms with van der Waals surface area (Å²) in [5.74, 6) is -0.948. The Morgan fingerprint density at radius 1 is 1.03 bits per heavy atom. The average Bonchev–Trinajstić information content (AvgIpc) is 2.85. The Hall–Kier alpha value is -3.95. The number of hydrogen-bond acceptors (Lipinski definition) is 8. The second-order valence-corrected chi connectivity index (χ2v) is 7.43. The summed E-state index contributed by atoms with van der Waals surface area (Å²) < 4.78 is 50.0. The van der Waals surface area contributed by atoms with E-state index in [2.05, 4.69) is 15.3 Å². The van der Waals surface area contributed by atoms with Crippen molar-refractivity contribution >= 4 is 17.6 Å². The third-order valence-corrected chi connectivity index (χ3v) is 5.04. The molecule has 0 bridgehead atoms. The molecule has 0 aliphatic carbocycles. The van der Waals surface area contributed by atoms with Crippen molar-refractivity contribution in [1.82, 2.24) is 9.97 Å². The molecule has 1 N–H and O–H groups in total. The van der Waals surface area contributed by atoms with Crippen molar-refractivity contribution in [2.45, 2.75) is 33.8 Å². The van der Waals surface area contributed by atoms with Gasteiger partial charge in [-0.1, -0.05) is 13.0 Å². The molecule has 0 amide bonds. The fraction of sp³-hybridized carbons (Fsp3) is 0.320. The highest BCUT2D eigenvalue weighted by Crippen LogP contribution is 2.28. The van der Waals surface area contributed by atoms with Crippen LogP contribution in [-0.4, -0.2) is 36.3 Å². The Balaban J connectivity index is 1.65. The van der Waals surface area contributed by atoms with Gasteiger partial charge in [0.25, 0.3) is 0 Å². The van der Waals surface area contributed by atoms with E-state index in [0.29, 0.717) is 23.4 Å². The molecule has 35 heavy (non-hydrogen) atoms. The molecule has 0 radical (unpaired) electrons. The van der Waals surface area contributed by atoms with Crippen molar-refractivity contribution < 1.29 is 32.5 Å². The first-order chi connectivity index (χ1) is 16.9. The Kier molecular flexibility index (Phi) is 8.77. The molecule has 2 aromatic carbocycles. The predicted molar refractivity (Wildman–Crippen MR) is 125 cm³/mol. The number of rotatable bonds is 11. The van der Waals surface area contributed by atoms with Crippen molar-refractivity contribution in [2.75, 3.05) is 25.6 Å². The lowest BCUT2D eigenvalue weighted by atomic mass is 10.1. The maximum absolute atomic E-state index is 14.6. The van der Waals surface area contributed by atoms with Gasteiger partial charge in [0.15, 0.2) is 23.9 Å². The Bertz CT molecular complexity index is 1140. The summed E-state index contributed by atoms with van der Waals surface area (Å²) in [5, 5.41) is 3.02. The summed E-state index contributed by atoms with van der Waals surface area (Å²) in [6.45, 7) is 5.07. The predicted octanol–water partition coefficient (Wildman–Crippen LogP) is 4.90. The lowest BCUT2D eigenvalue weighted by molar-refractivity contribution is -0.145. The van der Waals surface area contributed by atoms with E-state index < -0.39 is 17.6 Å². The van der Waals surface area contributed by atoms with Crippen LogP contribution < -0.4 is 19.5 Å². The molecule has 0 fully saturated rings. The minimum atomic E-state index is -0.804. The maximum atomic E-state index is 14.6. The Labute approximate surface area is 202 Å². The number of hydrogen-bond donors (Lipinski definition) is 1. The van der Waals surface area contributed by atoms with E-state index in [4.69, 9.17) is 18.9 Å². The summed E-state index contributed by atoms with van der Waals surface area (Å²) in [4.78, 5) is 19.9. The van der Waals surface area contributed by atoms with Crippen LogP contribution in [0.15, 0.2) is 36.7 Å². The highest BCUT2D eigenvalue weighted by molar-refractivity contribution is 5.71. The van der Waals surface area contributed by atoms with Gasteiger partial charge in [-0.2, -0.15) is 0 Å². The van der Waals surface area contributed by atoms with Gasteiger partial charge < -0.3 is 24.3 Å². The topological polar surface area (TPSA) is 91.8 Å². The zero-order chi connectivity index (χ0) is 25.4. The fourth-order valence-electron chi connectivity index (χ4n) is 3.17. The normalized spacial score (nSPS) is 10.6. The number of esters is 1. The number of carbonyl (C=O) groups excluding carboxylic acids is 1. The van der Waals surface area contributed by atoms with Gasteiger partial charge in [-0.15, -0.1) is 0 Å². The molecule has 0 spiro atoms. The van der Waals surface area contributed by atoms with Crippen molar-refractivity contribution in [3.63, 3.8) is 0 Å². The van der Waals surface area contributed by atoms with E-state index in [9.17, 15) is 13.6 Å². The molecule has 0 saturated heterocycles. The first kappa shape index (κ1) is 25.7. The van der Waals surface area contributed by atoms with Gasteiger partial charge in [0.2, 0.25) is 5.95 Å². The number of nitrogens with zero attached hydrogens (tertiary/aromatic N) is 2. The monoisotopic (exact) mass is 487 g/mol. The fourth-order valence-corrected chi connectivity index (χ4v) is 3.17. The second-order valence-electron chi connectivity index (χ2n) is 7.43. The number of anilines is 2. The number of nitrogens with one attached hydrogen (secondary N) is 1. The first-order valence-corrected chi connectivity index (χ1v) is 11.0. The van der Waals surface area contributed by atoms with Crippen molar-refractivity contribution in [3.8, 4) is 17.2 Å². The number of aromatic nitrogens is 2. The van der Waals surface area contributed by atoms with Crippen LogP contribution in [0.4, 0.5) is 20.4 Å². The SMILES string of the molecule is CCOC(=O)COc1cc(Nc2ncc(OCc3c(F)c(CC)cc(OC)c3F)cn2)ccc1C. The van der Waals surface area contributed by atoms with E-state index >= 15 is 0 Å². The van der Waals surface area contributed by atoms with Gasteiger partial charge in [0, 0.05) is 11.8 Å². The van der Waals surface area contributed by atoms with Crippen LogP contribution in [0.3, 0.4) is 0 Å². The van der Waals surface area contributed by atoms with Gasteiger partial charge in [-0.25, -0.2) is 23.5 Å². The van der Waals surface area contributed by atoms with Crippen LogP contribution in [-0.2, 0) is 22.6 Å². The number of ether oxygens (including phenoxy) is 4. The number of benzene rings is 2. The van der Waals surface area contributed by atoms with Crippen LogP contribution in [0.2, 0.25) is 0 Å². The first-order valence-electron chi connectivity index (χ1n) is 11.0. The second kappa shape index (κ2) is 12.0. The van der Waals surface area contributed by atoms with Crippen LogP contribution in [0, 0.1) is 18.6 Å². The molecule has 0 unspecified atom stereocenters. The number of halogens is 2. The smallest absolute Gasteiger partial charge is 0.344 e. The van der Waals surface area contributed by atoms with Gasteiger partial charge in [0.1, 0.15) is 18.2 Å². The molecular formula is C25H27F2N3O5. The number of carbonyl (C=O) groups is 1. The molecule has 1 heterocycles. The van der Waals surface area contributed by atoms with Crippen molar-refractivity contribution in [1.29, 1.82) is 0 Å². The van der Waals surface area contributed by atoms with E-state index in [1.54, 1.807) is 26.0 Å². The zero-order valence-electron chi connectivity index (χ0n) is 20.0. The van der Waals surface area contributed by atoms with Crippen LogP contribution >= 0.6 is 0 Å². The molecule has 0 aliphatic rings. The Morgan fingerprint density at radius 3 is 2.43 bits per heavy atom. The molecule has 0 atom stereocenters. The number of methoxy groups -OCH3 is 1. The molecule has 0 aliphatic heterocycles. The minimum Gasteiger partial charge on any atom is -0.494 e. The largest absolute Gasteiger partial charge is 0.494 e. The molecular weight excluding hydrogens is 460 g/mol. The van der Waals surface area contributed by atoms with E-state index in [0.717, 1.165) is 5.56 Å². The van der Waals surface area contributed by atoms with Gasteiger partial charge >= 0.3 is 5.97 Å². The van der Waals surface area contributed by atoms with Crippen LogP contribution in [0.25, 0.3) is 0 Å². The molecule has 3 aromatic rings. The third-order valence-electron chi connectivity index (χ3n) is 5.04. The van der Waals surface area contributed by atoms with Crippen molar-refractivity contribution in [2.24, 2.45) is 0 Å². The van der Waals surface area contributed by atoms with Crippen LogP contribution in [0.1, 0.15) is 30.5 Å². The lowest BCUT2D eigenvalue weighted by Gasteiger charge is -2.13. The molecule has 0 saturated carbocycles. The quantitative estimate of drug-likeness (QED) is 0.382. The third kappa shape index (κ3) is 6.56.